The number of aliphatic hydroxyl groups excluding tert-OH is 1. The van der Waals surface area contributed by atoms with Crippen molar-refractivity contribution in [1.29, 1.82) is 0 Å². The Morgan fingerprint density at radius 3 is 2.42 bits per heavy atom. The van der Waals surface area contributed by atoms with E-state index >= 15 is 0 Å². The maximum atomic E-state index is 9.62. The molecule has 1 N–H and O–H groups in total. The Hall–Kier alpha value is -1.32. The molecule has 2 aromatic rings. The van der Waals surface area contributed by atoms with Crippen LogP contribution in [0.25, 0.3) is 0 Å². The Kier molecular flexibility index (Phi) is 5.00. The van der Waals surface area contributed by atoms with E-state index in [4.69, 9.17) is 4.74 Å². The highest BCUT2D eigenvalue weighted by molar-refractivity contribution is 9.10. The van der Waals surface area contributed by atoms with Crippen LogP contribution in [-0.2, 0) is 6.42 Å². The third-order valence-corrected chi connectivity index (χ3v) is 3.75. The number of halogens is 1. The largest absolute Gasteiger partial charge is 0.496 e. The van der Waals surface area contributed by atoms with Crippen molar-refractivity contribution in [3.05, 3.63) is 64.1 Å². The van der Waals surface area contributed by atoms with Crippen molar-refractivity contribution < 1.29 is 9.84 Å². The van der Waals surface area contributed by atoms with Gasteiger partial charge in [-0.1, -0.05) is 46.3 Å². The molecular weight excluding hydrogens is 304 g/mol. The lowest BCUT2D eigenvalue weighted by molar-refractivity contribution is 0.263. The van der Waals surface area contributed by atoms with E-state index in [0.29, 0.717) is 0 Å². The van der Waals surface area contributed by atoms with E-state index < -0.39 is 0 Å². The first-order valence-corrected chi connectivity index (χ1v) is 7.02. The van der Waals surface area contributed by atoms with E-state index in [2.05, 4.69) is 15.9 Å². The summed E-state index contributed by atoms with van der Waals surface area (Å²) >= 11 is 3.42. The van der Waals surface area contributed by atoms with Crippen LogP contribution in [0.3, 0.4) is 0 Å². The second-order valence-corrected chi connectivity index (χ2v) is 5.36. The molecule has 0 saturated heterocycles. The first-order chi connectivity index (χ1) is 9.24. The summed E-state index contributed by atoms with van der Waals surface area (Å²) in [7, 11) is 1.67. The van der Waals surface area contributed by atoms with Crippen molar-refractivity contribution in [2.24, 2.45) is 0 Å². The second kappa shape index (κ2) is 6.73. The minimum Gasteiger partial charge on any atom is -0.496 e. The Labute approximate surface area is 122 Å². The summed E-state index contributed by atoms with van der Waals surface area (Å²) in [6.45, 7) is 0.125. The zero-order valence-electron chi connectivity index (χ0n) is 10.8. The number of aliphatic hydroxyl groups is 1. The van der Waals surface area contributed by atoms with Gasteiger partial charge in [0.15, 0.2) is 0 Å². The lowest BCUT2D eigenvalue weighted by Crippen LogP contribution is -2.08. The molecule has 2 nitrogen and oxygen atoms in total. The van der Waals surface area contributed by atoms with E-state index in [1.54, 1.807) is 7.11 Å². The number of ether oxygens (including phenoxy) is 1. The average Bonchev–Trinajstić information content (AvgIpc) is 2.46. The molecule has 0 spiro atoms. The molecule has 1 atom stereocenters. The molecule has 0 radical (unpaired) electrons. The van der Waals surface area contributed by atoms with E-state index in [9.17, 15) is 5.11 Å². The van der Waals surface area contributed by atoms with Gasteiger partial charge in [0, 0.05) is 10.4 Å². The molecule has 2 aromatic carbocycles. The molecule has 0 aliphatic carbocycles. The maximum Gasteiger partial charge on any atom is 0.122 e. The fraction of sp³-hybridized carbons (Fsp3) is 0.250. The van der Waals surface area contributed by atoms with Gasteiger partial charge in [-0.2, -0.15) is 0 Å². The molecule has 3 heteroatoms. The van der Waals surface area contributed by atoms with Crippen molar-refractivity contribution in [3.8, 4) is 5.75 Å². The number of methoxy groups -OCH3 is 1. The van der Waals surface area contributed by atoms with Crippen LogP contribution in [0, 0.1) is 0 Å². The molecule has 0 heterocycles. The first-order valence-electron chi connectivity index (χ1n) is 6.23. The van der Waals surface area contributed by atoms with Crippen molar-refractivity contribution in [1.82, 2.24) is 0 Å². The summed E-state index contributed by atoms with van der Waals surface area (Å²) in [5.41, 5.74) is 2.25. The number of para-hydroxylation sites is 1. The fourth-order valence-electron chi connectivity index (χ4n) is 2.16. The van der Waals surface area contributed by atoms with Crippen molar-refractivity contribution in [2.75, 3.05) is 13.7 Å². The number of hydrogen-bond acceptors (Lipinski definition) is 2. The van der Waals surface area contributed by atoms with Crippen LogP contribution in [0.5, 0.6) is 5.75 Å². The van der Waals surface area contributed by atoms with Crippen LogP contribution in [0.2, 0.25) is 0 Å². The molecule has 0 fully saturated rings. The van der Waals surface area contributed by atoms with Crippen molar-refractivity contribution >= 4 is 15.9 Å². The van der Waals surface area contributed by atoms with Crippen LogP contribution >= 0.6 is 15.9 Å². The normalized spacial score (nSPS) is 12.2. The predicted octanol–water partition coefficient (Wildman–Crippen LogP) is 3.78. The van der Waals surface area contributed by atoms with Crippen LogP contribution in [0.4, 0.5) is 0 Å². The molecule has 2 rings (SSSR count). The molecule has 0 aliphatic rings. The standard InChI is InChI=1S/C16H17BrO2/c1-19-16-5-3-2-4-13(16)10-14(11-18)12-6-8-15(17)9-7-12/h2-9,14,18H,10-11H2,1H3. The lowest BCUT2D eigenvalue weighted by atomic mass is 9.92. The van der Waals surface area contributed by atoms with Crippen LogP contribution < -0.4 is 4.74 Å². The van der Waals surface area contributed by atoms with Gasteiger partial charge in [-0.05, 0) is 35.7 Å². The number of hydrogen-bond donors (Lipinski definition) is 1. The second-order valence-electron chi connectivity index (χ2n) is 4.45. The van der Waals surface area contributed by atoms with Gasteiger partial charge in [-0.25, -0.2) is 0 Å². The molecule has 19 heavy (non-hydrogen) atoms. The summed E-state index contributed by atoms with van der Waals surface area (Å²) < 4.78 is 6.40. The molecule has 0 aliphatic heterocycles. The molecule has 0 saturated carbocycles. The molecule has 0 amide bonds. The molecule has 1 unspecified atom stereocenters. The van der Waals surface area contributed by atoms with E-state index in [0.717, 1.165) is 27.8 Å². The Morgan fingerprint density at radius 2 is 1.79 bits per heavy atom. The smallest absolute Gasteiger partial charge is 0.122 e. The van der Waals surface area contributed by atoms with Crippen molar-refractivity contribution in [3.63, 3.8) is 0 Å². The third-order valence-electron chi connectivity index (χ3n) is 3.22. The average molecular weight is 321 g/mol. The first kappa shape index (κ1) is 14.1. The van der Waals surface area contributed by atoms with Gasteiger partial charge in [0.25, 0.3) is 0 Å². The Balaban J connectivity index is 2.21. The lowest BCUT2D eigenvalue weighted by Gasteiger charge is -2.16. The van der Waals surface area contributed by atoms with Crippen LogP contribution in [-0.4, -0.2) is 18.8 Å². The summed E-state index contributed by atoms with van der Waals surface area (Å²) in [5.74, 6) is 0.961. The predicted molar refractivity (Wildman–Crippen MR) is 80.7 cm³/mol. The summed E-state index contributed by atoms with van der Waals surface area (Å²) in [5, 5.41) is 9.62. The van der Waals surface area contributed by atoms with Gasteiger partial charge >= 0.3 is 0 Å². The highest BCUT2D eigenvalue weighted by atomic mass is 79.9. The summed E-state index contributed by atoms with van der Waals surface area (Å²) in [6.07, 6.45) is 0.766. The number of benzene rings is 2. The summed E-state index contributed by atoms with van der Waals surface area (Å²) in [4.78, 5) is 0. The fourth-order valence-corrected chi connectivity index (χ4v) is 2.42. The Bertz CT molecular complexity index is 523. The zero-order chi connectivity index (χ0) is 13.7. The van der Waals surface area contributed by atoms with E-state index in [-0.39, 0.29) is 12.5 Å². The van der Waals surface area contributed by atoms with E-state index in [1.165, 1.54) is 0 Å². The summed E-state index contributed by atoms with van der Waals surface area (Å²) in [6, 6.07) is 16.0. The van der Waals surface area contributed by atoms with Crippen LogP contribution in [0.1, 0.15) is 17.0 Å². The van der Waals surface area contributed by atoms with Gasteiger partial charge in [0.05, 0.1) is 13.7 Å². The van der Waals surface area contributed by atoms with E-state index in [1.807, 2.05) is 48.5 Å². The maximum absolute atomic E-state index is 9.62. The zero-order valence-corrected chi connectivity index (χ0v) is 12.4. The van der Waals surface area contributed by atoms with Gasteiger partial charge < -0.3 is 9.84 Å². The minimum absolute atomic E-state index is 0.0874. The highest BCUT2D eigenvalue weighted by Crippen LogP contribution is 2.27. The van der Waals surface area contributed by atoms with Crippen molar-refractivity contribution in [2.45, 2.75) is 12.3 Å². The molecule has 100 valence electrons. The topological polar surface area (TPSA) is 29.5 Å². The Morgan fingerprint density at radius 1 is 1.11 bits per heavy atom. The SMILES string of the molecule is COc1ccccc1CC(CO)c1ccc(Br)cc1. The van der Waals surface area contributed by atoms with Gasteiger partial charge in [-0.3, -0.25) is 0 Å². The monoisotopic (exact) mass is 320 g/mol. The minimum atomic E-state index is 0.0874. The van der Waals surface area contributed by atoms with Gasteiger partial charge in [0.2, 0.25) is 0 Å². The molecule has 0 bridgehead atoms. The van der Waals surface area contributed by atoms with Gasteiger partial charge in [0.1, 0.15) is 5.75 Å². The third kappa shape index (κ3) is 3.58. The molecular formula is C16H17BrO2. The van der Waals surface area contributed by atoms with Gasteiger partial charge in [-0.15, -0.1) is 0 Å². The quantitative estimate of drug-likeness (QED) is 0.908. The number of rotatable bonds is 5. The highest BCUT2D eigenvalue weighted by Gasteiger charge is 2.13. The molecule has 0 aromatic heterocycles. The van der Waals surface area contributed by atoms with Crippen LogP contribution in [0.15, 0.2) is 53.0 Å².